The van der Waals surface area contributed by atoms with Gasteiger partial charge in [-0.25, -0.2) is 0 Å². The molecule has 0 spiro atoms. The van der Waals surface area contributed by atoms with E-state index in [1.165, 1.54) is 44.1 Å². The molecule has 2 rings (SSSR count). The van der Waals surface area contributed by atoms with Gasteiger partial charge < -0.3 is 10.1 Å². The van der Waals surface area contributed by atoms with Gasteiger partial charge in [-0.2, -0.15) is 0 Å². The predicted molar refractivity (Wildman–Crippen MR) is 85.5 cm³/mol. The van der Waals surface area contributed by atoms with Crippen LogP contribution in [0.4, 0.5) is 0 Å². The molecule has 0 bridgehead atoms. The Morgan fingerprint density at radius 1 is 1.30 bits per heavy atom. The fourth-order valence-corrected chi connectivity index (χ4v) is 3.53. The summed E-state index contributed by atoms with van der Waals surface area (Å²) in [6.45, 7) is 3.17. The molecule has 0 radical (unpaired) electrons. The van der Waals surface area contributed by atoms with Gasteiger partial charge in [-0.1, -0.05) is 43.9 Å². The molecule has 1 aliphatic carbocycles. The lowest BCUT2D eigenvalue weighted by molar-refractivity contribution is 0.261. The largest absolute Gasteiger partial charge is 0.495 e. The highest BCUT2D eigenvalue weighted by Crippen LogP contribution is 2.28. The number of hydrogen-bond donors (Lipinski definition) is 1. The minimum absolute atomic E-state index is 0.635. The van der Waals surface area contributed by atoms with E-state index in [9.17, 15) is 0 Å². The van der Waals surface area contributed by atoms with Crippen molar-refractivity contribution in [2.24, 2.45) is 5.92 Å². The second-order valence-electron chi connectivity index (χ2n) is 5.76. The van der Waals surface area contributed by atoms with E-state index in [4.69, 9.17) is 16.3 Å². The summed E-state index contributed by atoms with van der Waals surface area (Å²) in [5, 5.41) is 4.41. The Bertz CT molecular complexity index is 415. The van der Waals surface area contributed by atoms with E-state index in [1.807, 2.05) is 12.1 Å². The summed E-state index contributed by atoms with van der Waals surface area (Å²) in [5.74, 6) is 1.59. The van der Waals surface area contributed by atoms with Gasteiger partial charge in [0.1, 0.15) is 5.75 Å². The van der Waals surface area contributed by atoms with Gasteiger partial charge in [-0.3, -0.25) is 0 Å². The highest BCUT2D eigenvalue weighted by molar-refractivity contribution is 6.32. The standard InChI is InChI=1S/C17H26ClNO/c1-3-16(14-7-5-4-6-8-14)19-12-13-9-10-17(20-2)15(18)11-13/h9-11,14,16,19H,3-8,12H2,1-2H3. The minimum Gasteiger partial charge on any atom is -0.495 e. The van der Waals surface area contributed by atoms with Gasteiger partial charge in [0, 0.05) is 12.6 Å². The third-order valence-corrected chi connectivity index (χ3v) is 4.74. The van der Waals surface area contributed by atoms with Crippen LogP contribution in [0.1, 0.15) is 51.0 Å². The lowest BCUT2D eigenvalue weighted by Crippen LogP contribution is -2.36. The fraction of sp³-hybridized carbons (Fsp3) is 0.647. The summed E-state index contributed by atoms with van der Waals surface area (Å²) in [6, 6.07) is 6.67. The minimum atomic E-state index is 0.635. The number of benzene rings is 1. The second-order valence-corrected chi connectivity index (χ2v) is 6.17. The first-order chi connectivity index (χ1) is 9.74. The van der Waals surface area contributed by atoms with E-state index in [-0.39, 0.29) is 0 Å². The van der Waals surface area contributed by atoms with Crippen molar-refractivity contribution in [3.05, 3.63) is 28.8 Å². The number of ether oxygens (including phenoxy) is 1. The SMILES string of the molecule is CCC(NCc1ccc(OC)c(Cl)c1)C1CCCCC1. The van der Waals surface area contributed by atoms with Crippen molar-refractivity contribution in [3.8, 4) is 5.75 Å². The molecule has 0 heterocycles. The van der Waals surface area contributed by atoms with Gasteiger partial charge in [0.15, 0.2) is 0 Å². The van der Waals surface area contributed by atoms with E-state index in [1.54, 1.807) is 7.11 Å². The van der Waals surface area contributed by atoms with E-state index in [0.717, 1.165) is 18.2 Å². The molecule has 0 saturated heterocycles. The topological polar surface area (TPSA) is 21.3 Å². The molecule has 112 valence electrons. The number of rotatable bonds is 6. The monoisotopic (exact) mass is 295 g/mol. The Kier molecular flexibility index (Phi) is 6.18. The number of methoxy groups -OCH3 is 1. The smallest absolute Gasteiger partial charge is 0.137 e. The molecule has 1 aliphatic rings. The second kappa shape index (κ2) is 7.90. The molecule has 1 atom stereocenters. The lowest BCUT2D eigenvalue weighted by Gasteiger charge is -2.30. The summed E-state index contributed by atoms with van der Waals surface area (Å²) < 4.78 is 5.19. The van der Waals surface area contributed by atoms with Crippen molar-refractivity contribution >= 4 is 11.6 Å². The van der Waals surface area contributed by atoms with Gasteiger partial charge in [-0.15, -0.1) is 0 Å². The molecule has 0 aliphatic heterocycles. The maximum atomic E-state index is 6.17. The molecular weight excluding hydrogens is 270 g/mol. The zero-order valence-corrected chi connectivity index (χ0v) is 13.4. The molecule has 1 saturated carbocycles. The average molecular weight is 296 g/mol. The van der Waals surface area contributed by atoms with Crippen LogP contribution in [0.5, 0.6) is 5.75 Å². The number of halogens is 1. The van der Waals surface area contributed by atoms with Crippen molar-refractivity contribution < 1.29 is 4.74 Å². The van der Waals surface area contributed by atoms with Crippen molar-refractivity contribution in [3.63, 3.8) is 0 Å². The maximum Gasteiger partial charge on any atom is 0.137 e. The number of nitrogens with one attached hydrogen (secondary N) is 1. The summed E-state index contributed by atoms with van der Waals surface area (Å²) in [4.78, 5) is 0. The molecule has 0 aromatic heterocycles. The van der Waals surface area contributed by atoms with Gasteiger partial charge in [0.25, 0.3) is 0 Å². The molecule has 1 aromatic carbocycles. The van der Waals surface area contributed by atoms with Crippen LogP contribution in [0, 0.1) is 5.92 Å². The Labute approximate surface area is 127 Å². The first kappa shape index (κ1) is 15.7. The van der Waals surface area contributed by atoms with Crippen LogP contribution in [-0.4, -0.2) is 13.2 Å². The molecule has 3 heteroatoms. The predicted octanol–water partition coefficient (Wildman–Crippen LogP) is 4.80. The van der Waals surface area contributed by atoms with Crippen LogP contribution in [0.15, 0.2) is 18.2 Å². The number of hydrogen-bond acceptors (Lipinski definition) is 2. The summed E-state index contributed by atoms with van der Waals surface area (Å²) >= 11 is 6.17. The molecule has 1 N–H and O–H groups in total. The average Bonchev–Trinajstić information content (AvgIpc) is 2.49. The maximum absolute atomic E-state index is 6.17. The third kappa shape index (κ3) is 4.13. The van der Waals surface area contributed by atoms with Gasteiger partial charge in [0.2, 0.25) is 0 Å². The Morgan fingerprint density at radius 3 is 2.65 bits per heavy atom. The van der Waals surface area contributed by atoms with E-state index in [2.05, 4.69) is 18.3 Å². The van der Waals surface area contributed by atoms with Crippen LogP contribution in [0.3, 0.4) is 0 Å². The van der Waals surface area contributed by atoms with Crippen molar-refractivity contribution in [1.29, 1.82) is 0 Å². The van der Waals surface area contributed by atoms with E-state index >= 15 is 0 Å². The highest BCUT2D eigenvalue weighted by Gasteiger charge is 2.21. The van der Waals surface area contributed by atoms with Crippen LogP contribution in [0.2, 0.25) is 5.02 Å². The quantitative estimate of drug-likeness (QED) is 0.814. The van der Waals surface area contributed by atoms with Crippen molar-refractivity contribution in [2.45, 2.75) is 58.0 Å². The normalized spacial score (nSPS) is 17.9. The van der Waals surface area contributed by atoms with Crippen LogP contribution < -0.4 is 10.1 Å². The van der Waals surface area contributed by atoms with Crippen molar-refractivity contribution in [2.75, 3.05) is 7.11 Å². The summed E-state index contributed by atoms with van der Waals surface area (Å²) in [6.07, 6.45) is 8.19. The van der Waals surface area contributed by atoms with E-state index in [0.29, 0.717) is 11.1 Å². The van der Waals surface area contributed by atoms with Gasteiger partial charge in [-0.05, 0) is 42.9 Å². The van der Waals surface area contributed by atoms with E-state index < -0.39 is 0 Å². The molecule has 1 unspecified atom stereocenters. The van der Waals surface area contributed by atoms with Gasteiger partial charge in [0.05, 0.1) is 12.1 Å². The van der Waals surface area contributed by atoms with Crippen LogP contribution in [-0.2, 0) is 6.54 Å². The molecule has 1 aromatic rings. The fourth-order valence-electron chi connectivity index (χ4n) is 3.25. The zero-order valence-electron chi connectivity index (χ0n) is 12.6. The summed E-state index contributed by atoms with van der Waals surface area (Å²) in [5.41, 5.74) is 1.23. The Balaban J connectivity index is 1.90. The molecule has 0 amide bonds. The Morgan fingerprint density at radius 2 is 2.05 bits per heavy atom. The summed E-state index contributed by atoms with van der Waals surface area (Å²) in [7, 11) is 1.65. The first-order valence-electron chi connectivity index (χ1n) is 7.80. The molecule has 2 nitrogen and oxygen atoms in total. The first-order valence-corrected chi connectivity index (χ1v) is 8.18. The highest BCUT2D eigenvalue weighted by atomic mass is 35.5. The Hall–Kier alpha value is -0.730. The molecule has 1 fully saturated rings. The van der Waals surface area contributed by atoms with Gasteiger partial charge >= 0.3 is 0 Å². The van der Waals surface area contributed by atoms with Crippen LogP contribution in [0.25, 0.3) is 0 Å². The van der Waals surface area contributed by atoms with Crippen molar-refractivity contribution in [1.82, 2.24) is 5.32 Å². The van der Waals surface area contributed by atoms with Crippen LogP contribution >= 0.6 is 11.6 Å². The lowest BCUT2D eigenvalue weighted by atomic mass is 9.83. The third-order valence-electron chi connectivity index (χ3n) is 4.44. The molecular formula is C17H26ClNO. The zero-order chi connectivity index (χ0) is 14.4. The molecule has 20 heavy (non-hydrogen) atoms.